The lowest BCUT2D eigenvalue weighted by Crippen LogP contribution is -2.54. The van der Waals surface area contributed by atoms with Crippen molar-refractivity contribution < 1.29 is 22.4 Å². The van der Waals surface area contributed by atoms with Crippen LogP contribution < -0.4 is 15.5 Å². The molecular formula is C23H30FN3O4S. The van der Waals surface area contributed by atoms with Gasteiger partial charge in [-0.25, -0.2) is 12.8 Å². The lowest BCUT2D eigenvalue weighted by molar-refractivity contribution is -0.127. The van der Waals surface area contributed by atoms with Gasteiger partial charge in [-0.2, -0.15) is 0 Å². The van der Waals surface area contributed by atoms with Gasteiger partial charge >= 0.3 is 0 Å². The van der Waals surface area contributed by atoms with Gasteiger partial charge in [0.05, 0.1) is 23.1 Å². The summed E-state index contributed by atoms with van der Waals surface area (Å²) in [6.45, 7) is 1.68. The topological polar surface area (TPSA) is 95.6 Å². The first-order valence-electron chi connectivity index (χ1n) is 11.6. The van der Waals surface area contributed by atoms with E-state index in [2.05, 4.69) is 10.6 Å². The molecule has 3 saturated heterocycles. The third-order valence-electron chi connectivity index (χ3n) is 7.77. The predicted molar refractivity (Wildman–Crippen MR) is 119 cm³/mol. The van der Waals surface area contributed by atoms with Gasteiger partial charge in [0.15, 0.2) is 9.84 Å². The molecule has 3 aliphatic heterocycles. The summed E-state index contributed by atoms with van der Waals surface area (Å²) in [4.78, 5) is 26.5. The lowest BCUT2D eigenvalue weighted by atomic mass is 9.81. The highest BCUT2D eigenvalue weighted by Crippen LogP contribution is 2.43. The zero-order valence-electron chi connectivity index (χ0n) is 18.1. The molecule has 2 N–H and O–H groups in total. The number of piperidine rings is 1. The molecule has 2 amide bonds. The van der Waals surface area contributed by atoms with Crippen LogP contribution in [0.1, 0.15) is 50.0 Å². The quantitative estimate of drug-likeness (QED) is 0.694. The molecule has 4 aliphatic rings. The normalized spacial score (nSPS) is 28.7. The van der Waals surface area contributed by atoms with Crippen molar-refractivity contribution in [2.45, 2.75) is 50.5 Å². The summed E-state index contributed by atoms with van der Waals surface area (Å²) in [5, 5.41) is 5.85. The average molecular weight is 464 g/mol. The van der Waals surface area contributed by atoms with E-state index in [4.69, 9.17) is 0 Å². The summed E-state index contributed by atoms with van der Waals surface area (Å²) >= 11 is 0. The average Bonchev–Trinajstić information content (AvgIpc) is 3.05. The van der Waals surface area contributed by atoms with Gasteiger partial charge < -0.3 is 15.5 Å². The highest BCUT2D eigenvalue weighted by atomic mass is 32.2. The molecule has 174 valence electrons. The van der Waals surface area contributed by atoms with Gasteiger partial charge in [0, 0.05) is 37.0 Å². The van der Waals surface area contributed by atoms with Crippen LogP contribution in [0.3, 0.4) is 0 Å². The van der Waals surface area contributed by atoms with Gasteiger partial charge in [0.1, 0.15) is 5.82 Å². The summed E-state index contributed by atoms with van der Waals surface area (Å²) in [6.07, 6.45) is 5.02. The highest BCUT2D eigenvalue weighted by Gasteiger charge is 2.49. The van der Waals surface area contributed by atoms with E-state index in [1.54, 1.807) is 6.07 Å². The first-order chi connectivity index (χ1) is 15.2. The van der Waals surface area contributed by atoms with E-state index in [-0.39, 0.29) is 46.5 Å². The van der Waals surface area contributed by atoms with Crippen LogP contribution >= 0.6 is 0 Å². The van der Waals surface area contributed by atoms with Gasteiger partial charge in [0.2, 0.25) is 11.8 Å². The maximum absolute atomic E-state index is 15.0. The van der Waals surface area contributed by atoms with E-state index >= 15 is 0 Å². The molecule has 9 heteroatoms. The van der Waals surface area contributed by atoms with Crippen molar-refractivity contribution in [3.63, 3.8) is 0 Å². The van der Waals surface area contributed by atoms with Crippen LogP contribution in [0, 0.1) is 17.2 Å². The number of halogens is 1. The molecule has 1 aromatic rings. The molecular weight excluding hydrogens is 433 g/mol. The van der Waals surface area contributed by atoms with Crippen LogP contribution in [0.4, 0.5) is 10.1 Å². The van der Waals surface area contributed by atoms with E-state index in [1.807, 2.05) is 11.0 Å². The van der Waals surface area contributed by atoms with E-state index in [0.29, 0.717) is 37.3 Å². The SMILES string of the molecule is O=C(NCC1C[C@@H](c2ccc(N3CCC4(CC3)CS(=O)(=O)C4)c(F)c2)C(=O)N1)C1CCC1. The summed E-state index contributed by atoms with van der Waals surface area (Å²) in [5.74, 6) is -0.216. The van der Waals surface area contributed by atoms with Crippen molar-refractivity contribution in [1.29, 1.82) is 0 Å². The maximum atomic E-state index is 15.0. The highest BCUT2D eigenvalue weighted by molar-refractivity contribution is 7.92. The Balaban J connectivity index is 1.18. The van der Waals surface area contributed by atoms with Crippen LogP contribution in [0.2, 0.25) is 0 Å². The standard InChI is InChI=1S/C23H30FN3O4S/c24-19-10-16(18-11-17(26-22(18)29)12-25-21(28)15-2-1-3-15)4-5-20(19)27-8-6-23(7-9-27)13-32(30,31)14-23/h4-5,10,15,17-18H,1-3,6-9,11-14H2,(H,25,28)(H,26,29)/t17?,18-/m0/s1. The molecule has 1 aromatic carbocycles. The van der Waals surface area contributed by atoms with Crippen LogP contribution in [0.5, 0.6) is 0 Å². The van der Waals surface area contributed by atoms with E-state index in [0.717, 1.165) is 32.1 Å². The van der Waals surface area contributed by atoms with E-state index in [1.165, 1.54) is 6.07 Å². The molecule has 5 rings (SSSR count). The smallest absolute Gasteiger partial charge is 0.227 e. The largest absolute Gasteiger partial charge is 0.369 e. The number of benzene rings is 1. The zero-order chi connectivity index (χ0) is 22.5. The van der Waals surface area contributed by atoms with Gasteiger partial charge in [-0.15, -0.1) is 0 Å². The Hall–Kier alpha value is -2.16. The molecule has 0 aromatic heterocycles. The molecule has 1 unspecified atom stereocenters. The second-order valence-corrected chi connectivity index (χ2v) is 12.2. The Morgan fingerprint density at radius 1 is 1.22 bits per heavy atom. The molecule has 1 aliphatic carbocycles. The molecule has 1 saturated carbocycles. The molecule has 0 radical (unpaired) electrons. The number of amides is 2. The van der Waals surface area contributed by atoms with Crippen molar-refractivity contribution in [2.75, 3.05) is 36.0 Å². The molecule has 0 bridgehead atoms. The van der Waals surface area contributed by atoms with Crippen molar-refractivity contribution in [3.05, 3.63) is 29.6 Å². The Morgan fingerprint density at radius 2 is 1.94 bits per heavy atom. The fraction of sp³-hybridized carbons (Fsp3) is 0.652. The second kappa shape index (κ2) is 8.01. The maximum Gasteiger partial charge on any atom is 0.227 e. The van der Waals surface area contributed by atoms with Gasteiger partial charge in [-0.3, -0.25) is 9.59 Å². The predicted octanol–water partition coefficient (Wildman–Crippen LogP) is 1.73. The van der Waals surface area contributed by atoms with Gasteiger partial charge in [0.25, 0.3) is 0 Å². The molecule has 4 fully saturated rings. The fourth-order valence-corrected chi connectivity index (χ4v) is 7.97. The summed E-state index contributed by atoms with van der Waals surface area (Å²) in [5.41, 5.74) is 1.04. The van der Waals surface area contributed by atoms with Gasteiger partial charge in [-0.1, -0.05) is 12.5 Å². The molecule has 32 heavy (non-hydrogen) atoms. The Morgan fingerprint density at radius 3 is 2.53 bits per heavy atom. The van der Waals surface area contributed by atoms with Crippen LogP contribution in [-0.4, -0.2) is 57.4 Å². The minimum Gasteiger partial charge on any atom is -0.369 e. The molecule has 2 atom stereocenters. The summed E-state index contributed by atoms with van der Waals surface area (Å²) < 4.78 is 38.1. The molecule has 7 nitrogen and oxygen atoms in total. The third kappa shape index (κ3) is 4.11. The van der Waals surface area contributed by atoms with Crippen molar-refractivity contribution in [1.82, 2.24) is 10.6 Å². The zero-order valence-corrected chi connectivity index (χ0v) is 18.9. The molecule has 1 spiro atoms. The summed E-state index contributed by atoms with van der Waals surface area (Å²) in [6, 6.07) is 4.86. The van der Waals surface area contributed by atoms with Crippen molar-refractivity contribution in [2.24, 2.45) is 11.3 Å². The Bertz CT molecular complexity index is 1020. The first-order valence-corrected chi connectivity index (χ1v) is 13.4. The van der Waals surface area contributed by atoms with E-state index in [9.17, 15) is 22.4 Å². The number of carbonyl (C=O) groups is 2. The number of anilines is 1. The lowest BCUT2D eigenvalue weighted by Gasteiger charge is -2.47. The summed E-state index contributed by atoms with van der Waals surface area (Å²) in [7, 11) is -2.87. The van der Waals surface area contributed by atoms with Crippen LogP contribution in [0.25, 0.3) is 0 Å². The number of sulfone groups is 1. The Kier molecular flexibility index (Phi) is 5.42. The van der Waals surface area contributed by atoms with Crippen LogP contribution in [-0.2, 0) is 19.4 Å². The number of carbonyl (C=O) groups excluding carboxylic acids is 2. The Labute approximate surface area is 188 Å². The van der Waals surface area contributed by atoms with Gasteiger partial charge in [-0.05, 0) is 49.8 Å². The monoisotopic (exact) mass is 463 g/mol. The number of hydrogen-bond acceptors (Lipinski definition) is 5. The number of hydrogen-bond donors (Lipinski definition) is 2. The van der Waals surface area contributed by atoms with Crippen molar-refractivity contribution >= 4 is 27.3 Å². The minimum atomic E-state index is -2.87. The third-order valence-corrected chi connectivity index (χ3v) is 9.88. The fourth-order valence-electron chi connectivity index (χ4n) is 5.61. The second-order valence-electron chi connectivity index (χ2n) is 10.1. The minimum absolute atomic E-state index is 0.0622. The van der Waals surface area contributed by atoms with Crippen LogP contribution in [0.15, 0.2) is 18.2 Å². The number of nitrogens with one attached hydrogen (secondary N) is 2. The van der Waals surface area contributed by atoms with Crippen molar-refractivity contribution in [3.8, 4) is 0 Å². The molecule has 3 heterocycles. The number of nitrogens with zero attached hydrogens (tertiary/aromatic N) is 1. The first kappa shape index (κ1) is 21.7. The van der Waals surface area contributed by atoms with E-state index < -0.39 is 15.8 Å². The number of rotatable bonds is 5.